The van der Waals surface area contributed by atoms with Gasteiger partial charge in [-0.2, -0.15) is 0 Å². The van der Waals surface area contributed by atoms with Gasteiger partial charge < -0.3 is 20.5 Å². The van der Waals surface area contributed by atoms with Crippen LogP contribution >= 0.6 is 0 Å². The van der Waals surface area contributed by atoms with Gasteiger partial charge >= 0.3 is 6.09 Å². The van der Waals surface area contributed by atoms with Crippen LogP contribution in [0.2, 0.25) is 0 Å². The van der Waals surface area contributed by atoms with Crippen molar-refractivity contribution in [1.29, 1.82) is 0 Å². The Morgan fingerprint density at radius 2 is 1.83 bits per heavy atom. The number of ether oxygens (including phenoxy) is 1. The third kappa shape index (κ3) is 5.69. The molecule has 1 atom stereocenters. The molecule has 0 aromatic heterocycles. The lowest BCUT2D eigenvalue weighted by atomic mass is 9.91. The summed E-state index contributed by atoms with van der Waals surface area (Å²) in [5.74, 6) is 0. The van der Waals surface area contributed by atoms with Gasteiger partial charge in [0.15, 0.2) is 0 Å². The fourth-order valence-corrected chi connectivity index (χ4v) is 1.37. The van der Waals surface area contributed by atoms with Gasteiger partial charge in [-0.1, -0.05) is 6.92 Å². The summed E-state index contributed by atoms with van der Waals surface area (Å²) in [4.78, 5) is 13.7. The standard InChI is InChI=1S/C13H28N2O3/c1-10(2)15(8-13(6,7-14)9-16)11(17)18-12(3,4)5/h10,16H,7-9,14H2,1-6H3. The second kappa shape index (κ2) is 6.38. The summed E-state index contributed by atoms with van der Waals surface area (Å²) in [7, 11) is 0. The molecule has 0 spiro atoms. The molecule has 108 valence electrons. The van der Waals surface area contributed by atoms with Gasteiger partial charge in [0.25, 0.3) is 0 Å². The third-order valence-electron chi connectivity index (χ3n) is 2.68. The van der Waals surface area contributed by atoms with Gasteiger partial charge in [-0.3, -0.25) is 0 Å². The van der Waals surface area contributed by atoms with Gasteiger partial charge in [0.2, 0.25) is 0 Å². The molecule has 0 aliphatic rings. The molecule has 0 aliphatic carbocycles. The first-order chi connectivity index (χ1) is 8.04. The van der Waals surface area contributed by atoms with Crippen LogP contribution in [0, 0.1) is 5.41 Å². The zero-order valence-electron chi connectivity index (χ0n) is 12.5. The SMILES string of the molecule is CC(C)N(CC(C)(CN)CO)C(=O)OC(C)(C)C. The van der Waals surface area contributed by atoms with Gasteiger partial charge in [-0.15, -0.1) is 0 Å². The first-order valence-electron chi connectivity index (χ1n) is 6.35. The smallest absolute Gasteiger partial charge is 0.410 e. The van der Waals surface area contributed by atoms with Crippen LogP contribution < -0.4 is 5.73 Å². The topological polar surface area (TPSA) is 75.8 Å². The molecule has 5 heteroatoms. The lowest BCUT2D eigenvalue weighted by molar-refractivity contribution is 0.00439. The highest BCUT2D eigenvalue weighted by Crippen LogP contribution is 2.19. The predicted molar refractivity (Wildman–Crippen MR) is 72.3 cm³/mol. The van der Waals surface area contributed by atoms with Gasteiger partial charge in [-0.25, -0.2) is 4.79 Å². The summed E-state index contributed by atoms with van der Waals surface area (Å²) in [6.07, 6.45) is -0.370. The highest BCUT2D eigenvalue weighted by Gasteiger charge is 2.31. The maximum atomic E-state index is 12.1. The molecule has 18 heavy (non-hydrogen) atoms. The van der Waals surface area contributed by atoms with Crippen molar-refractivity contribution < 1.29 is 14.6 Å². The van der Waals surface area contributed by atoms with E-state index < -0.39 is 11.0 Å². The number of rotatable bonds is 5. The van der Waals surface area contributed by atoms with Crippen LogP contribution in [0.25, 0.3) is 0 Å². The van der Waals surface area contributed by atoms with E-state index >= 15 is 0 Å². The minimum Gasteiger partial charge on any atom is -0.444 e. The summed E-state index contributed by atoms with van der Waals surface area (Å²) < 4.78 is 5.36. The molecule has 1 amide bonds. The summed E-state index contributed by atoms with van der Waals surface area (Å²) in [6, 6.07) is -0.00252. The third-order valence-corrected chi connectivity index (χ3v) is 2.68. The van der Waals surface area contributed by atoms with Gasteiger partial charge in [-0.05, 0) is 34.6 Å². The van der Waals surface area contributed by atoms with Crippen LogP contribution in [0.1, 0.15) is 41.5 Å². The minimum atomic E-state index is -0.525. The number of hydrogen-bond donors (Lipinski definition) is 2. The molecule has 3 N–H and O–H groups in total. The van der Waals surface area contributed by atoms with Crippen molar-refractivity contribution in [3.63, 3.8) is 0 Å². The Balaban J connectivity index is 4.83. The zero-order valence-corrected chi connectivity index (χ0v) is 12.5. The highest BCUT2D eigenvalue weighted by molar-refractivity contribution is 5.68. The van der Waals surface area contributed by atoms with Crippen LogP contribution in [-0.2, 0) is 4.74 Å². The van der Waals surface area contributed by atoms with Crippen LogP contribution in [0.15, 0.2) is 0 Å². The molecule has 0 heterocycles. The summed E-state index contributed by atoms with van der Waals surface area (Å²) in [5, 5.41) is 9.37. The molecule has 0 saturated carbocycles. The maximum absolute atomic E-state index is 12.1. The van der Waals surface area contributed by atoms with E-state index in [0.717, 1.165) is 0 Å². The molecular formula is C13H28N2O3. The second-order valence-corrected chi connectivity index (χ2v) is 6.37. The Morgan fingerprint density at radius 3 is 2.11 bits per heavy atom. The van der Waals surface area contributed by atoms with Crippen molar-refractivity contribution in [2.75, 3.05) is 19.7 Å². The number of nitrogens with two attached hydrogens (primary N) is 1. The first-order valence-corrected chi connectivity index (χ1v) is 6.35. The quantitative estimate of drug-likeness (QED) is 0.787. The van der Waals surface area contributed by atoms with E-state index in [9.17, 15) is 9.90 Å². The summed E-state index contributed by atoms with van der Waals surface area (Å²) in [5.41, 5.74) is 4.63. The Kier molecular flexibility index (Phi) is 6.10. The van der Waals surface area contributed by atoms with Crippen LogP contribution in [-0.4, -0.2) is 47.4 Å². The van der Waals surface area contributed by atoms with Crippen molar-refractivity contribution in [1.82, 2.24) is 4.90 Å². The molecule has 5 nitrogen and oxygen atoms in total. The van der Waals surface area contributed by atoms with Crippen molar-refractivity contribution in [2.24, 2.45) is 11.1 Å². The van der Waals surface area contributed by atoms with Crippen LogP contribution in [0.4, 0.5) is 4.79 Å². The van der Waals surface area contributed by atoms with E-state index in [1.54, 1.807) is 4.90 Å². The molecule has 0 aromatic carbocycles. The van der Waals surface area contributed by atoms with Crippen molar-refractivity contribution >= 4 is 6.09 Å². The molecule has 0 radical (unpaired) electrons. The molecule has 0 aromatic rings. The van der Waals surface area contributed by atoms with E-state index in [0.29, 0.717) is 13.1 Å². The number of hydrogen-bond acceptors (Lipinski definition) is 4. The maximum Gasteiger partial charge on any atom is 0.410 e. The van der Waals surface area contributed by atoms with E-state index in [1.165, 1.54) is 0 Å². The van der Waals surface area contributed by atoms with Crippen LogP contribution in [0.3, 0.4) is 0 Å². The lowest BCUT2D eigenvalue weighted by Crippen LogP contribution is -2.49. The summed E-state index contributed by atoms with van der Waals surface area (Å²) in [6.45, 7) is 11.8. The van der Waals surface area contributed by atoms with Crippen molar-refractivity contribution in [3.8, 4) is 0 Å². The fourth-order valence-electron chi connectivity index (χ4n) is 1.37. The normalized spacial score (nSPS) is 15.4. The number of nitrogens with zero attached hydrogens (tertiary/aromatic N) is 1. The first kappa shape index (κ1) is 17.2. The fraction of sp³-hybridized carbons (Fsp3) is 0.923. The Morgan fingerprint density at radius 1 is 1.33 bits per heavy atom. The van der Waals surface area contributed by atoms with E-state index in [2.05, 4.69) is 0 Å². The average molecular weight is 260 g/mol. The van der Waals surface area contributed by atoms with E-state index in [-0.39, 0.29) is 18.7 Å². The lowest BCUT2D eigenvalue weighted by Gasteiger charge is -2.36. The molecule has 1 unspecified atom stereocenters. The largest absolute Gasteiger partial charge is 0.444 e. The Hall–Kier alpha value is -0.810. The molecule has 0 rings (SSSR count). The zero-order chi connectivity index (χ0) is 14.6. The monoisotopic (exact) mass is 260 g/mol. The molecule has 0 aliphatic heterocycles. The number of aliphatic hydroxyl groups is 1. The molecular weight excluding hydrogens is 232 g/mol. The molecule has 0 bridgehead atoms. The number of aliphatic hydroxyl groups excluding tert-OH is 1. The van der Waals surface area contributed by atoms with Crippen LogP contribution in [0.5, 0.6) is 0 Å². The number of carbonyl (C=O) groups is 1. The van der Waals surface area contributed by atoms with Gasteiger partial charge in [0, 0.05) is 24.5 Å². The van der Waals surface area contributed by atoms with Crippen molar-refractivity contribution in [3.05, 3.63) is 0 Å². The Labute approximate surface area is 110 Å². The average Bonchev–Trinajstić information content (AvgIpc) is 2.22. The highest BCUT2D eigenvalue weighted by atomic mass is 16.6. The van der Waals surface area contributed by atoms with Crippen molar-refractivity contribution in [2.45, 2.75) is 53.2 Å². The minimum absolute atomic E-state index is 0.00252. The van der Waals surface area contributed by atoms with Gasteiger partial charge in [0.1, 0.15) is 5.60 Å². The summed E-state index contributed by atoms with van der Waals surface area (Å²) >= 11 is 0. The van der Waals surface area contributed by atoms with E-state index in [4.69, 9.17) is 10.5 Å². The van der Waals surface area contributed by atoms with Gasteiger partial charge in [0.05, 0.1) is 6.61 Å². The molecule has 0 saturated heterocycles. The molecule has 0 fully saturated rings. The van der Waals surface area contributed by atoms with E-state index in [1.807, 2.05) is 41.5 Å². The predicted octanol–water partition coefficient (Wildman–Crippen LogP) is 1.59. The Bertz CT molecular complexity index is 268. The number of carbonyl (C=O) groups excluding carboxylic acids is 1. The second-order valence-electron chi connectivity index (χ2n) is 6.37. The number of amides is 1.